The molecular formula is C13H15N3O. The van der Waals surface area contributed by atoms with Crippen molar-refractivity contribution in [1.29, 1.82) is 0 Å². The van der Waals surface area contributed by atoms with Gasteiger partial charge in [-0.3, -0.25) is 4.79 Å². The number of anilines is 2. The van der Waals surface area contributed by atoms with Crippen LogP contribution in [0.1, 0.15) is 10.4 Å². The Kier molecular flexibility index (Phi) is 3.14. The summed E-state index contributed by atoms with van der Waals surface area (Å²) in [6.45, 7) is 0. The fourth-order valence-electron chi connectivity index (χ4n) is 1.64. The van der Waals surface area contributed by atoms with E-state index >= 15 is 0 Å². The lowest BCUT2D eigenvalue weighted by molar-refractivity contribution is 0.0993. The fraction of sp³-hybridized carbons (Fsp3) is 0.154. The van der Waals surface area contributed by atoms with Crippen LogP contribution >= 0.6 is 0 Å². The Balaban J connectivity index is 2.24. The van der Waals surface area contributed by atoms with E-state index in [1.54, 1.807) is 24.3 Å². The summed E-state index contributed by atoms with van der Waals surface area (Å²) in [5.74, 6) is -0.0262. The van der Waals surface area contributed by atoms with Crippen LogP contribution < -0.4 is 10.2 Å². The van der Waals surface area contributed by atoms with Crippen LogP contribution in [0, 0.1) is 0 Å². The van der Waals surface area contributed by atoms with Gasteiger partial charge in [-0.05, 0) is 24.3 Å². The third kappa shape index (κ3) is 2.30. The Bertz CT molecular complexity index is 505. The van der Waals surface area contributed by atoms with E-state index in [2.05, 4.69) is 10.3 Å². The highest BCUT2D eigenvalue weighted by molar-refractivity contribution is 6.06. The van der Waals surface area contributed by atoms with E-state index in [-0.39, 0.29) is 5.91 Å². The molecule has 2 rings (SSSR count). The molecule has 0 radical (unpaired) electrons. The molecule has 0 atom stereocenters. The second kappa shape index (κ2) is 4.74. The molecule has 0 aliphatic rings. The van der Waals surface area contributed by atoms with Crippen LogP contribution in [0.3, 0.4) is 0 Å². The molecule has 17 heavy (non-hydrogen) atoms. The fourth-order valence-corrected chi connectivity index (χ4v) is 1.64. The van der Waals surface area contributed by atoms with E-state index in [1.165, 1.54) is 0 Å². The molecule has 1 aromatic carbocycles. The van der Waals surface area contributed by atoms with Crippen LogP contribution in [-0.4, -0.2) is 25.0 Å². The first kappa shape index (κ1) is 11.3. The molecule has 0 bridgehead atoms. The molecular weight excluding hydrogens is 214 g/mol. The lowest BCUT2D eigenvalue weighted by Crippen LogP contribution is -2.25. The number of carbonyl (C=O) groups excluding carboxylic acids is 1. The third-order valence-corrected chi connectivity index (χ3v) is 2.67. The highest BCUT2D eigenvalue weighted by Gasteiger charge is 2.13. The lowest BCUT2D eigenvalue weighted by Gasteiger charge is -2.15. The average molecular weight is 229 g/mol. The van der Waals surface area contributed by atoms with Gasteiger partial charge in [0.1, 0.15) is 0 Å². The highest BCUT2D eigenvalue weighted by Crippen LogP contribution is 2.16. The van der Waals surface area contributed by atoms with Crippen molar-refractivity contribution in [3.05, 3.63) is 48.3 Å². The molecule has 88 valence electrons. The number of H-pyrrole nitrogens is 1. The van der Waals surface area contributed by atoms with E-state index in [0.717, 1.165) is 11.4 Å². The van der Waals surface area contributed by atoms with Crippen LogP contribution in [0.4, 0.5) is 11.4 Å². The Morgan fingerprint density at radius 2 is 2.18 bits per heavy atom. The molecule has 4 heteroatoms. The standard InChI is InChI=1S/C13H15N3O/c1-14-11-5-3-4-10(8-11)13(17)16(2)12-6-7-15-9-12/h3-9,14-15H,1-2H3. The summed E-state index contributed by atoms with van der Waals surface area (Å²) in [4.78, 5) is 16.7. The van der Waals surface area contributed by atoms with Crippen LogP contribution in [0.25, 0.3) is 0 Å². The van der Waals surface area contributed by atoms with Crippen molar-refractivity contribution in [2.45, 2.75) is 0 Å². The first-order valence-electron chi connectivity index (χ1n) is 5.41. The largest absolute Gasteiger partial charge is 0.388 e. The van der Waals surface area contributed by atoms with E-state index in [4.69, 9.17) is 0 Å². The summed E-state index contributed by atoms with van der Waals surface area (Å²) in [5, 5.41) is 3.02. The maximum Gasteiger partial charge on any atom is 0.258 e. The van der Waals surface area contributed by atoms with Crippen LogP contribution in [-0.2, 0) is 0 Å². The maximum absolute atomic E-state index is 12.2. The molecule has 4 nitrogen and oxygen atoms in total. The molecule has 0 saturated heterocycles. The predicted molar refractivity (Wildman–Crippen MR) is 69.5 cm³/mol. The number of aromatic amines is 1. The van der Waals surface area contributed by atoms with Crippen molar-refractivity contribution < 1.29 is 4.79 Å². The average Bonchev–Trinajstić information content (AvgIpc) is 2.91. The summed E-state index contributed by atoms with van der Waals surface area (Å²) < 4.78 is 0. The summed E-state index contributed by atoms with van der Waals surface area (Å²) in [5.41, 5.74) is 2.45. The highest BCUT2D eigenvalue weighted by atomic mass is 16.2. The number of hydrogen-bond donors (Lipinski definition) is 2. The number of nitrogens with zero attached hydrogens (tertiary/aromatic N) is 1. The zero-order valence-electron chi connectivity index (χ0n) is 9.90. The Morgan fingerprint density at radius 1 is 1.35 bits per heavy atom. The van der Waals surface area contributed by atoms with Gasteiger partial charge in [0, 0.05) is 37.7 Å². The van der Waals surface area contributed by atoms with Gasteiger partial charge in [0.25, 0.3) is 5.91 Å². The zero-order valence-corrected chi connectivity index (χ0v) is 9.90. The Morgan fingerprint density at radius 3 is 2.82 bits per heavy atom. The summed E-state index contributed by atoms with van der Waals surface area (Å²) in [6.07, 6.45) is 3.59. The second-order valence-corrected chi connectivity index (χ2v) is 3.76. The van der Waals surface area contributed by atoms with Gasteiger partial charge in [0.05, 0.1) is 5.69 Å². The minimum absolute atomic E-state index is 0.0262. The number of nitrogens with one attached hydrogen (secondary N) is 2. The summed E-state index contributed by atoms with van der Waals surface area (Å²) in [7, 11) is 3.59. The number of rotatable bonds is 3. The van der Waals surface area contributed by atoms with Gasteiger partial charge in [-0.1, -0.05) is 6.07 Å². The lowest BCUT2D eigenvalue weighted by atomic mass is 10.1. The van der Waals surface area contributed by atoms with Crippen LogP contribution in [0.5, 0.6) is 0 Å². The van der Waals surface area contributed by atoms with Crippen molar-refractivity contribution in [1.82, 2.24) is 4.98 Å². The molecule has 0 fully saturated rings. The molecule has 2 aromatic rings. The van der Waals surface area contributed by atoms with E-state index < -0.39 is 0 Å². The third-order valence-electron chi connectivity index (χ3n) is 2.67. The van der Waals surface area contributed by atoms with Crippen molar-refractivity contribution in [3.8, 4) is 0 Å². The second-order valence-electron chi connectivity index (χ2n) is 3.76. The van der Waals surface area contributed by atoms with Crippen molar-refractivity contribution in [3.63, 3.8) is 0 Å². The Hall–Kier alpha value is -2.23. The number of hydrogen-bond acceptors (Lipinski definition) is 2. The van der Waals surface area contributed by atoms with Crippen LogP contribution in [0.2, 0.25) is 0 Å². The monoisotopic (exact) mass is 229 g/mol. The first-order chi connectivity index (χ1) is 8.22. The predicted octanol–water partition coefficient (Wildman–Crippen LogP) is 2.33. The first-order valence-corrected chi connectivity index (χ1v) is 5.41. The molecule has 0 unspecified atom stereocenters. The van der Waals surface area contributed by atoms with Crippen LogP contribution in [0.15, 0.2) is 42.7 Å². The molecule has 1 amide bonds. The van der Waals surface area contributed by atoms with Crippen molar-refractivity contribution >= 4 is 17.3 Å². The number of carbonyl (C=O) groups is 1. The smallest absolute Gasteiger partial charge is 0.258 e. The molecule has 1 aromatic heterocycles. The topological polar surface area (TPSA) is 48.1 Å². The van der Waals surface area contributed by atoms with E-state index in [9.17, 15) is 4.79 Å². The number of benzene rings is 1. The number of aromatic nitrogens is 1. The van der Waals surface area contributed by atoms with Gasteiger partial charge in [-0.2, -0.15) is 0 Å². The van der Waals surface area contributed by atoms with Gasteiger partial charge in [-0.15, -0.1) is 0 Å². The Labute approximate surface area is 100 Å². The van der Waals surface area contributed by atoms with Gasteiger partial charge in [0.15, 0.2) is 0 Å². The maximum atomic E-state index is 12.2. The molecule has 0 aliphatic heterocycles. The van der Waals surface area contributed by atoms with Gasteiger partial charge >= 0.3 is 0 Å². The van der Waals surface area contributed by atoms with Crippen molar-refractivity contribution in [2.24, 2.45) is 0 Å². The van der Waals surface area contributed by atoms with E-state index in [0.29, 0.717) is 5.56 Å². The molecule has 1 heterocycles. The molecule has 0 saturated carbocycles. The van der Waals surface area contributed by atoms with E-state index in [1.807, 2.05) is 37.4 Å². The minimum atomic E-state index is -0.0262. The van der Waals surface area contributed by atoms with Crippen molar-refractivity contribution in [2.75, 3.05) is 24.3 Å². The zero-order chi connectivity index (χ0) is 12.3. The number of amides is 1. The molecule has 2 N–H and O–H groups in total. The minimum Gasteiger partial charge on any atom is -0.388 e. The van der Waals surface area contributed by atoms with Gasteiger partial charge < -0.3 is 15.2 Å². The summed E-state index contributed by atoms with van der Waals surface area (Å²) >= 11 is 0. The SMILES string of the molecule is CNc1cccc(C(=O)N(C)c2cc[nH]c2)c1. The normalized spacial score (nSPS) is 10.0. The summed E-state index contributed by atoms with van der Waals surface area (Å²) in [6, 6.07) is 9.30. The molecule has 0 aliphatic carbocycles. The quantitative estimate of drug-likeness (QED) is 0.848. The van der Waals surface area contributed by atoms with Gasteiger partial charge in [-0.25, -0.2) is 0 Å². The van der Waals surface area contributed by atoms with Gasteiger partial charge in [0.2, 0.25) is 0 Å². The molecule has 0 spiro atoms.